The second-order valence-corrected chi connectivity index (χ2v) is 5.31. The number of pyridine rings is 1. The van der Waals surface area contributed by atoms with Crippen LogP contribution in [0.3, 0.4) is 0 Å². The quantitative estimate of drug-likeness (QED) is 0.841. The molecule has 0 aromatic carbocycles. The smallest absolute Gasteiger partial charge is 0.371 e. The van der Waals surface area contributed by atoms with E-state index in [4.69, 9.17) is 9.52 Å². The lowest BCUT2D eigenvalue weighted by atomic mass is 10.3. The Balaban J connectivity index is 2.12. The van der Waals surface area contributed by atoms with Gasteiger partial charge in [0.05, 0.1) is 0 Å². The van der Waals surface area contributed by atoms with Crippen LogP contribution in [0.25, 0.3) is 0 Å². The summed E-state index contributed by atoms with van der Waals surface area (Å²) >= 11 is 0. The van der Waals surface area contributed by atoms with Crippen LogP contribution in [0.1, 0.15) is 16.1 Å². The molecule has 0 atom stereocenters. The Bertz CT molecular complexity index is 678. The number of carboxylic acids is 1. The van der Waals surface area contributed by atoms with E-state index < -0.39 is 26.8 Å². The summed E-state index contributed by atoms with van der Waals surface area (Å²) in [4.78, 5) is 14.5. The number of nitrogens with zero attached hydrogens (tertiary/aromatic N) is 1. The zero-order valence-electron chi connectivity index (χ0n) is 9.61. The standard InChI is InChI=1S/C11H10N2O5S/c14-11(15)9-3-4-10(18-9)19(16,17)13-7-8-2-1-5-12-6-8/h1-6,13H,7H2,(H,14,15). The molecule has 2 rings (SSSR count). The van der Waals surface area contributed by atoms with Crippen LogP contribution in [0.15, 0.2) is 46.2 Å². The highest BCUT2D eigenvalue weighted by molar-refractivity contribution is 7.89. The molecule has 2 heterocycles. The van der Waals surface area contributed by atoms with Gasteiger partial charge in [0.25, 0.3) is 10.0 Å². The molecule has 0 unspecified atom stereocenters. The van der Waals surface area contributed by atoms with Crippen LogP contribution in [0, 0.1) is 0 Å². The predicted octanol–water partition coefficient (Wildman–Crippen LogP) is 0.851. The normalized spacial score (nSPS) is 11.4. The van der Waals surface area contributed by atoms with Crippen LogP contribution < -0.4 is 4.72 Å². The van der Waals surface area contributed by atoms with Gasteiger partial charge in [0.1, 0.15) is 0 Å². The molecule has 0 fully saturated rings. The number of hydrogen-bond acceptors (Lipinski definition) is 5. The molecule has 0 aliphatic heterocycles. The SMILES string of the molecule is O=C(O)c1ccc(S(=O)(=O)NCc2cccnc2)o1. The van der Waals surface area contributed by atoms with Gasteiger partial charge in [-0.15, -0.1) is 0 Å². The molecular formula is C11H10N2O5S. The molecule has 0 aliphatic rings. The van der Waals surface area contributed by atoms with Crippen molar-refractivity contribution < 1.29 is 22.7 Å². The second kappa shape index (κ2) is 5.21. The molecule has 7 nitrogen and oxygen atoms in total. The number of aromatic carboxylic acids is 1. The van der Waals surface area contributed by atoms with Crippen molar-refractivity contribution in [3.8, 4) is 0 Å². The molecule has 100 valence electrons. The van der Waals surface area contributed by atoms with E-state index in [1.54, 1.807) is 18.3 Å². The van der Waals surface area contributed by atoms with Crippen LogP contribution in [0.5, 0.6) is 0 Å². The van der Waals surface area contributed by atoms with Gasteiger partial charge in [-0.1, -0.05) is 6.07 Å². The van der Waals surface area contributed by atoms with Crippen LogP contribution in [-0.4, -0.2) is 24.5 Å². The summed E-state index contributed by atoms with van der Waals surface area (Å²) in [7, 11) is -3.88. The molecular weight excluding hydrogens is 272 g/mol. The van der Waals surface area contributed by atoms with Gasteiger partial charge < -0.3 is 9.52 Å². The van der Waals surface area contributed by atoms with E-state index in [0.29, 0.717) is 5.56 Å². The highest BCUT2D eigenvalue weighted by atomic mass is 32.2. The fourth-order valence-electron chi connectivity index (χ4n) is 1.33. The number of nitrogens with one attached hydrogen (secondary N) is 1. The summed E-state index contributed by atoms with van der Waals surface area (Å²) in [6, 6.07) is 5.56. The van der Waals surface area contributed by atoms with Gasteiger partial charge in [-0.05, 0) is 23.8 Å². The lowest BCUT2D eigenvalue weighted by molar-refractivity contribution is 0.0656. The third-order valence-corrected chi connectivity index (χ3v) is 3.52. The Morgan fingerprint density at radius 1 is 1.37 bits per heavy atom. The molecule has 19 heavy (non-hydrogen) atoms. The van der Waals surface area contributed by atoms with E-state index in [1.807, 2.05) is 0 Å². The molecule has 0 bridgehead atoms. The highest BCUT2D eigenvalue weighted by Gasteiger charge is 2.20. The molecule has 2 aromatic heterocycles. The van der Waals surface area contributed by atoms with Crippen LogP contribution in [-0.2, 0) is 16.6 Å². The van der Waals surface area contributed by atoms with Crippen molar-refractivity contribution in [2.24, 2.45) is 0 Å². The molecule has 0 aliphatic carbocycles. The minimum absolute atomic E-state index is 0.0410. The van der Waals surface area contributed by atoms with Crippen molar-refractivity contribution in [3.05, 3.63) is 48.0 Å². The number of carboxylic acid groups (broad SMARTS) is 1. The molecule has 2 aromatic rings. The summed E-state index contributed by atoms with van der Waals surface area (Å²) in [6.07, 6.45) is 3.09. The Hall–Kier alpha value is -2.19. The monoisotopic (exact) mass is 282 g/mol. The summed E-state index contributed by atoms with van der Waals surface area (Å²) in [6.45, 7) is 0.0410. The van der Waals surface area contributed by atoms with Crippen molar-refractivity contribution in [1.29, 1.82) is 0 Å². The van der Waals surface area contributed by atoms with E-state index in [-0.39, 0.29) is 6.54 Å². The van der Waals surface area contributed by atoms with E-state index in [9.17, 15) is 13.2 Å². The Kier molecular flexibility index (Phi) is 3.63. The maximum absolute atomic E-state index is 11.8. The molecule has 0 saturated carbocycles. The first kappa shape index (κ1) is 13.2. The molecule has 8 heteroatoms. The largest absolute Gasteiger partial charge is 0.475 e. The zero-order valence-corrected chi connectivity index (χ0v) is 10.4. The number of aromatic nitrogens is 1. The maximum Gasteiger partial charge on any atom is 0.371 e. The zero-order chi connectivity index (χ0) is 13.9. The molecule has 0 radical (unpaired) electrons. The van der Waals surface area contributed by atoms with Gasteiger partial charge in [-0.3, -0.25) is 4.98 Å². The first-order chi connectivity index (χ1) is 8.99. The molecule has 0 spiro atoms. The first-order valence-electron chi connectivity index (χ1n) is 5.21. The minimum atomic E-state index is -3.88. The van der Waals surface area contributed by atoms with Gasteiger partial charge in [0, 0.05) is 18.9 Å². The van der Waals surface area contributed by atoms with Crippen LogP contribution in [0.2, 0.25) is 0 Å². The van der Waals surface area contributed by atoms with Crippen molar-refractivity contribution in [2.75, 3.05) is 0 Å². The van der Waals surface area contributed by atoms with Crippen molar-refractivity contribution in [2.45, 2.75) is 11.6 Å². The average molecular weight is 282 g/mol. The van der Waals surface area contributed by atoms with Crippen LogP contribution in [0.4, 0.5) is 0 Å². The first-order valence-corrected chi connectivity index (χ1v) is 6.69. The van der Waals surface area contributed by atoms with Crippen molar-refractivity contribution >= 4 is 16.0 Å². The summed E-state index contributed by atoms with van der Waals surface area (Å²) in [5.41, 5.74) is 0.677. The number of furan rings is 1. The van der Waals surface area contributed by atoms with Gasteiger partial charge in [0.2, 0.25) is 10.9 Å². The molecule has 0 amide bonds. The summed E-state index contributed by atoms with van der Waals surface area (Å²) < 4.78 is 30.7. The number of hydrogen-bond donors (Lipinski definition) is 2. The van der Waals surface area contributed by atoms with Crippen molar-refractivity contribution in [1.82, 2.24) is 9.71 Å². The second-order valence-electron chi connectivity index (χ2n) is 3.61. The lowest BCUT2D eigenvalue weighted by Gasteiger charge is -2.03. The van der Waals surface area contributed by atoms with Crippen molar-refractivity contribution in [3.63, 3.8) is 0 Å². The average Bonchev–Trinajstić information content (AvgIpc) is 2.88. The van der Waals surface area contributed by atoms with E-state index in [1.165, 1.54) is 6.20 Å². The molecule has 0 saturated heterocycles. The minimum Gasteiger partial charge on any atom is -0.475 e. The number of sulfonamides is 1. The van der Waals surface area contributed by atoms with Gasteiger partial charge in [-0.2, -0.15) is 0 Å². The Morgan fingerprint density at radius 3 is 2.74 bits per heavy atom. The highest BCUT2D eigenvalue weighted by Crippen LogP contribution is 2.14. The van der Waals surface area contributed by atoms with Crippen LogP contribution >= 0.6 is 0 Å². The number of rotatable bonds is 5. The number of carbonyl (C=O) groups is 1. The Morgan fingerprint density at radius 2 is 2.16 bits per heavy atom. The van der Waals surface area contributed by atoms with E-state index in [2.05, 4.69) is 9.71 Å². The fourth-order valence-corrected chi connectivity index (χ4v) is 2.28. The fraction of sp³-hybridized carbons (Fsp3) is 0.0909. The maximum atomic E-state index is 11.8. The molecule has 2 N–H and O–H groups in total. The van der Waals surface area contributed by atoms with Gasteiger partial charge >= 0.3 is 5.97 Å². The van der Waals surface area contributed by atoms with Gasteiger partial charge in [-0.25, -0.2) is 17.9 Å². The van der Waals surface area contributed by atoms with Gasteiger partial charge in [0.15, 0.2) is 0 Å². The summed E-state index contributed by atoms with van der Waals surface area (Å²) in [5, 5.41) is 8.22. The summed E-state index contributed by atoms with van der Waals surface area (Å²) in [5.74, 6) is -1.75. The topological polar surface area (TPSA) is 110 Å². The Labute approximate surface area is 108 Å². The lowest BCUT2D eigenvalue weighted by Crippen LogP contribution is -2.22. The third kappa shape index (κ3) is 3.18. The predicted molar refractivity (Wildman–Crippen MR) is 63.9 cm³/mol. The van der Waals surface area contributed by atoms with E-state index in [0.717, 1.165) is 12.1 Å². The van der Waals surface area contributed by atoms with E-state index >= 15 is 0 Å². The third-order valence-electron chi connectivity index (χ3n) is 2.25.